The van der Waals surface area contributed by atoms with E-state index in [1.165, 1.54) is 0 Å². The van der Waals surface area contributed by atoms with Gasteiger partial charge in [-0.1, -0.05) is 0 Å². The highest BCUT2D eigenvalue weighted by atomic mass is 35.5. The van der Waals surface area contributed by atoms with E-state index in [-0.39, 0.29) is 0 Å². The Hall–Kier alpha value is 0.250. The quantitative estimate of drug-likeness (QED) is 0.516. The second kappa shape index (κ2) is 3.44. The average Bonchev–Trinajstić information content (AvgIpc) is 1.65. The molecule has 0 aliphatic carbocycles. The van der Waals surface area contributed by atoms with Gasteiger partial charge in [-0.15, -0.1) is 11.6 Å². The summed E-state index contributed by atoms with van der Waals surface area (Å²) in [5.41, 5.74) is 0. The number of nitrogens with one attached hydrogen (secondary N) is 1. The minimum Gasteiger partial charge on any atom is -0.316 e. The molecule has 0 bridgehead atoms. The minimum atomic E-state index is 0.451. The van der Waals surface area contributed by atoms with Crippen LogP contribution in [-0.4, -0.2) is 19.0 Å². The molecule has 2 heteroatoms. The molecule has 0 fully saturated rings. The third-order valence-electron chi connectivity index (χ3n) is 0.724. The molecule has 0 aromatic rings. The van der Waals surface area contributed by atoms with Gasteiger partial charge in [0.25, 0.3) is 0 Å². The van der Waals surface area contributed by atoms with E-state index in [4.69, 9.17) is 11.6 Å². The second-order valence-electron chi connectivity index (χ2n) is 1.34. The maximum atomic E-state index is 5.39. The lowest BCUT2D eigenvalue weighted by atomic mass is 10.4. The highest BCUT2D eigenvalue weighted by Gasteiger charge is 1.88. The van der Waals surface area contributed by atoms with E-state index in [0.29, 0.717) is 11.9 Å². The Bertz CT molecular complexity index is 26.7. The van der Waals surface area contributed by atoms with E-state index < -0.39 is 0 Å². The van der Waals surface area contributed by atoms with Crippen molar-refractivity contribution in [1.29, 1.82) is 0 Å². The maximum absolute atomic E-state index is 5.39. The molecule has 0 saturated carbocycles. The van der Waals surface area contributed by atoms with Crippen molar-refractivity contribution in [3.05, 3.63) is 0 Å². The van der Waals surface area contributed by atoms with E-state index >= 15 is 0 Å². The molecule has 0 heterocycles. The van der Waals surface area contributed by atoms with E-state index in [9.17, 15) is 0 Å². The summed E-state index contributed by atoms with van der Waals surface area (Å²) in [6, 6.07) is 0.451. The fourth-order valence-corrected chi connectivity index (χ4v) is 0.231. The van der Waals surface area contributed by atoms with E-state index in [1.807, 2.05) is 14.0 Å². The van der Waals surface area contributed by atoms with Crippen LogP contribution in [0.3, 0.4) is 0 Å². The molecule has 0 saturated heterocycles. The molecule has 1 unspecified atom stereocenters. The highest BCUT2D eigenvalue weighted by molar-refractivity contribution is 6.18. The summed E-state index contributed by atoms with van der Waals surface area (Å²) < 4.78 is 0. The van der Waals surface area contributed by atoms with Gasteiger partial charge in [0.05, 0.1) is 0 Å². The van der Waals surface area contributed by atoms with Gasteiger partial charge in [-0.25, -0.2) is 0 Å². The van der Waals surface area contributed by atoms with Crippen LogP contribution in [0.25, 0.3) is 0 Å². The van der Waals surface area contributed by atoms with Crippen LogP contribution < -0.4 is 5.32 Å². The van der Waals surface area contributed by atoms with Crippen LogP contribution in [0.2, 0.25) is 0 Å². The topological polar surface area (TPSA) is 12.0 Å². The smallest absolute Gasteiger partial charge is 0.0374 e. The van der Waals surface area contributed by atoms with E-state index in [2.05, 4.69) is 5.32 Å². The lowest BCUT2D eigenvalue weighted by Crippen LogP contribution is -2.22. The zero-order valence-corrected chi connectivity index (χ0v) is 4.92. The second-order valence-corrected chi connectivity index (χ2v) is 1.65. The van der Waals surface area contributed by atoms with Crippen molar-refractivity contribution in [2.75, 3.05) is 12.9 Å². The third-order valence-corrected chi connectivity index (χ3v) is 1.19. The van der Waals surface area contributed by atoms with Crippen molar-refractivity contribution in [3.8, 4) is 0 Å². The molecule has 0 aliphatic heterocycles. The van der Waals surface area contributed by atoms with Crippen molar-refractivity contribution in [3.63, 3.8) is 0 Å². The summed E-state index contributed by atoms with van der Waals surface area (Å²) in [5, 5.41) is 2.98. The predicted octanol–water partition coefficient (Wildman–Crippen LogP) is 0.833. The molecular weight excluding hydrogens is 97.5 g/mol. The molecule has 0 aliphatic rings. The lowest BCUT2D eigenvalue weighted by Gasteiger charge is -2.00. The number of rotatable bonds is 2. The molecule has 0 aromatic carbocycles. The van der Waals surface area contributed by atoms with E-state index in [0.717, 1.165) is 0 Å². The lowest BCUT2D eigenvalue weighted by molar-refractivity contribution is 0.674. The van der Waals surface area contributed by atoms with Gasteiger partial charge in [0.15, 0.2) is 0 Å². The first-order valence-electron chi connectivity index (χ1n) is 2.04. The molecule has 0 amide bonds. The molecule has 1 nitrogen and oxygen atoms in total. The van der Waals surface area contributed by atoms with Crippen molar-refractivity contribution < 1.29 is 0 Å². The highest BCUT2D eigenvalue weighted by Crippen LogP contribution is 1.80. The number of hydrogen-bond acceptors (Lipinski definition) is 1. The number of alkyl halides is 1. The molecule has 38 valence electrons. The standard InChI is InChI=1S/C4H10ClN/c1-4(3-5)6-2/h4,6H,3H2,1-2H3. The first-order valence-corrected chi connectivity index (χ1v) is 2.58. The van der Waals surface area contributed by atoms with Crippen molar-refractivity contribution in [2.45, 2.75) is 13.0 Å². The minimum absolute atomic E-state index is 0.451. The van der Waals surface area contributed by atoms with Gasteiger partial charge in [0, 0.05) is 11.9 Å². The monoisotopic (exact) mass is 107 g/mol. The molecule has 0 spiro atoms. The zero-order valence-electron chi connectivity index (χ0n) is 4.16. The first-order chi connectivity index (χ1) is 2.81. The predicted molar refractivity (Wildman–Crippen MR) is 29.2 cm³/mol. The van der Waals surface area contributed by atoms with Gasteiger partial charge < -0.3 is 5.32 Å². The Labute approximate surface area is 43.7 Å². The Kier molecular flexibility index (Phi) is 3.58. The van der Waals surface area contributed by atoms with Gasteiger partial charge in [-0.2, -0.15) is 0 Å². The average molecular weight is 108 g/mol. The van der Waals surface area contributed by atoms with Gasteiger partial charge in [0.2, 0.25) is 0 Å². The summed E-state index contributed by atoms with van der Waals surface area (Å²) in [6.07, 6.45) is 0. The number of hydrogen-bond donors (Lipinski definition) is 1. The Balaban J connectivity index is 2.75. The first kappa shape index (κ1) is 6.25. The van der Waals surface area contributed by atoms with E-state index in [1.54, 1.807) is 0 Å². The van der Waals surface area contributed by atoms with Crippen LogP contribution in [-0.2, 0) is 0 Å². The van der Waals surface area contributed by atoms with Gasteiger partial charge in [0.1, 0.15) is 0 Å². The summed E-state index contributed by atoms with van der Waals surface area (Å²) in [6.45, 7) is 2.03. The molecule has 0 aromatic heterocycles. The summed E-state index contributed by atoms with van der Waals surface area (Å²) >= 11 is 5.39. The summed E-state index contributed by atoms with van der Waals surface area (Å²) in [7, 11) is 1.90. The van der Waals surface area contributed by atoms with Crippen LogP contribution in [0, 0.1) is 0 Å². The SMILES string of the molecule is CNC(C)CCl. The third kappa shape index (κ3) is 2.49. The molecule has 6 heavy (non-hydrogen) atoms. The number of halogens is 1. The maximum Gasteiger partial charge on any atom is 0.0374 e. The molecule has 0 rings (SSSR count). The summed E-state index contributed by atoms with van der Waals surface area (Å²) in [5.74, 6) is 0.691. The fourth-order valence-electron chi connectivity index (χ4n) is 0.0772. The summed E-state index contributed by atoms with van der Waals surface area (Å²) in [4.78, 5) is 0. The van der Waals surface area contributed by atoms with Gasteiger partial charge >= 0.3 is 0 Å². The Morgan fingerprint density at radius 2 is 2.33 bits per heavy atom. The molecule has 1 atom stereocenters. The van der Waals surface area contributed by atoms with Crippen LogP contribution in [0.5, 0.6) is 0 Å². The normalized spacial score (nSPS) is 14.5. The molecule has 1 N–H and O–H groups in total. The van der Waals surface area contributed by atoms with Crippen LogP contribution in [0.1, 0.15) is 6.92 Å². The fraction of sp³-hybridized carbons (Fsp3) is 1.00. The van der Waals surface area contributed by atoms with Crippen LogP contribution >= 0.6 is 11.6 Å². The Morgan fingerprint density at radius 1 is 1.83 bits per heavy atom. The van der Waals surface area contributed by atoms with Crippen LogP contribution in [0.15, 0.2) is 0 Å². The van der Waals surface area contributed by atoms with Crippen molar-refractivity contribution >= 4 is 11.6 Å². The molecule has 0 radical (unpaired) electrons. The van der Waals surface area contributed by atoms with Crippen molar-refractivity contribution in [2.24, 2.45) is 0 Å². The Morgan fingerprint density at radius 3 is 2.33 bits per heavy atom. The van der Waals surface area contributed by atoms with Gasteiger partial charge in [-0.3, -0.25) is 0 Å². The van der Waals surface area contributed by atoms with Gasteiger partial charge in [-0.05, 0) is 14.0 Å². The largest absolute Gasteiger partial charge is 0.316 e. The zero-order chi connectivity index (χ0) is 4.99. The molecular formula is C4H10ClN. The van der Waals surface area contributed by atoms with Crippen LogP contribution in [0.4, 0.5) is 0 Å². The van der Waals surface area contributed by atoms with Crippen molar-refractivity contribution in [1.82, 2.24) is 5.32 Å².